The Labute approximate surface area is 138 Å². The Morgan fingerprint density at radius 2 is 2.00 bits per heavy atom. The first kappa shape index (κ1) is 17.5. The van der Waals surface area contributed by atoms with Crippen LogP contribution in [0.2, 0.25) is 0 Å². The van der Waals surface area contributed by atoms with E-state index in [0.717, 1.165) is 25.0 Å². The van der Waals surface area contributed by atoms with Gasteiger partial charge in [-0.3, -0.25) is 0 Å². The molecule has 0 saturated heterocycles. The Hall–Kier alpha value is -2.83. The maximum absolute atomic E-state index is 13.9. The number of nitrogen functional groups attached to an aromatic ring is 1. The summed E-state index contributed by atoms with van der Waals surface area (Å²) < 4.78 is 28.5. The largest absolute Gasteiger partial charge is 0.463 e. The molecule has 2 aliphatic rings. The lowest BCUT2D eigenvalue weighted by molar-refractivity contribution is -0.138. The Kier molecular flexibility index (Phi) is 5.57. The number of hydrogen-bond acceptors (Lipinski definition) is 6. The third-order valence-corrected chi connectivity index (χ3v) is 3.33. The average molecular weight is 335 g/mol. The lowest BCUT2D eigenvalue weighted by Crippen LogP contribution is -2.08. The highest BCUT2D eigenvalue weighted by atomic mass is 19.1. The van der Waals surface area contributed by atoms with Crippen LogP contribution in [0.5, 0.6) is 5.75 Å². The van der Waals surface area contributed by atoms with Crippen molar-refractivity contribution in [2.45, 2.75) is 26.7 Å². The minimum atomic E-state index is -1.05. The van der Waals surface area contributed by atoms with E-state index in [2.05, 4.69) is 0 Å². The molecule has 0 bridgehead atoms. The second-order valence-electron chi connectivity index (χ2n) is 5.17. The molecule has 0 fully saturated rings. The number of fused-ring (bicyclic) bond motifs is 1. The van der Waals surface area contributed by atoms with Crippen LogP contribution in [0.15, 0.2) is 28.7 Å². The number of ether oxygens (including phenoxy) is 2. The fourth-order valence-electron chi connectivity index (χ4n) is 1.98. The van der Waals surface area contributed by atoms with Gasteiger partial charge in [-0.25, -0.2) is 9.59 Å². The van der Waals surface area contributed by atoms with E-state index >= 15 is 0 Å². The molecule has 128 valence electrons. The molecular formula is C17H18FNO5. The van der Waals surface area contributed by atoms with E-state index in [0.29, 0.717) is 22.6 Å². The van der Waals surface area contributed by atoms with E-state index in [1.165, 1.54) is 6.07 Å². The summed E-state index contributed by atoms with van der Waals surface area (Å²) in [5.74, 6) is -1.69. The van der Waals surface area contributed by atoms with Gasteiger partial charge in [0.1, 0.15) is 5.76 Å². The zero-order chi connectivity index (χ0) is 17.7. The van der Waals surface area contributed by atoms with Gasteiger partial charge in [0, 0.05) is 29.0 Å². The third-order valence-electron chi connectivity index (χ3n) is 3.33. The molecule has 24 heavy (non-hydrogen) atoms. The first-order valence-electron chi connectivity index (χ1n) is 7.47. The van der Waals surface area contributed by atoms with Crippen LogP contribution in [0.1, 0.15) is 25.3 Å². The molecule has 0 aromatic heterocycles. The van der Waals surface area contributed by atoms with Gasteiger partial charge in [0.15, 0.2) is 0 Å². The number of anilines is 1. The van der Waals surface area contributed by atoms with Crippen molar-refractivity contribution in [3.8, 4) is 17.1 Å². The molecule has 0 spiro atoms. The molecule has 0 unspecified atom stereocenters. The van der Waals surface area contributed by atoms with Crippen molar-refractivity contribution in [2.75, 3.05) is 12.3 Å². The summed E-state index contributed by atoms with van der Waals surface area (Å²) in [6.45, 7) is 3.93. The molecule has 2 N–H and O–H groups in total. The van der Waals surface area contributed by atoms with Crippen LogP contribution < -0.4 is 10.5 Å². The zero-order valence-corrected chi connectivity index (χ0v) is 13.4. The van der Waals surface area contributed by atoms with Gasteiger partial charge in [0.25, 0.3) is 0 Å². The molecule has 0 saturated carbocycles. The monoisotopic (exact) mass is 335 g/mol. The van der Waals surface area contributed by atoms with E-state index < -0.39 is 18.0 Å². The molecule has 1 aliphatic carbocycles. The Balaban J connectivity index is 2.04. The van der Waals surface area contributed by atoms with Crippen LogP contribution in [0.4, 0.5) is 10.1 Å². The molecule has 7 heteroatoms. The van der Waals surface area contributed by atoms with Crippen LogP contribution >= 0.6 is 0 Å². The number of unbranched alkanes of at least 4 members (excludes halogenated alkanes) is 1. The van der Waals surface area contributed by atoms with Gasteiger partial charge < -0.3 is 19.6 Å². The zero-order valence-electron chi connectivity index (χ0n) is 13.4. The van der Waals surface area contributed by atoms with Gasteiger partial charge in [-0.05, 0) is 25.5 Å². The van der Waals surface area contributed by atoms with Crippen molar-refractivity contribution in [2.24, 2.45) is 0 Å². The van der Waals surface area contributed by atoms with Crippen molar-refractivity contribution in [3.05, 3.63) is 35.9 Å². The fourth-order valence-corrected chi connectivity index (χ4v) is 1.98. The predicted molar refractivity (Wildman–Crippen MR) is 85.1 cm³/mol. The second-order valence-corrected chi connectivity index (χ2v) is 5.17. The summed E-state index contributed by atoms with van der Waals surface area (Å²) in [6, 6.07) is 1.85. The highest BCUT2D eigenvalue weighted by Crippen LogP contribution is 2.37. The molecule has 0 atom stereocenters. The summed E-state index contributed by atoms with van der Waals surface area (Å²) in [6.07, 6.45) is 3.41. The summed E-state index contributed by atoms with van der Waals surface area (Å²) in [7, 11) is 0. The SMILES string of the molecule is CCCCOC(=O)/C=C/C(=O)Oc1cc2cc(N)c(C)c-2oc1F. The number of nitrogens with two attached hydrogens (primary N) is 1. The summed E-state index contributed by atoms with van der Waals surface area (Å²) in [4.78, 5) is 23.0. The Bertz CT molecular complexity index is 750. The molecule has 0 amide bonds. The van der Waals surface area contributed by atoms with E-state index in [-0.39, 0.29) is 12.4 Å². The van der Waals surface area contributed by atoms with E-state index in [1.54, 1.807) is 13.0 Å². The van der Waals surface area contributed by atoms with Crippen LogP contribution in [0, 0.1) is 12.9 Å². The van der Waals surface area contributed by atoms with Gasteiger partial charge in [0.2, 0.25) is 5.75 Å². The first-order chi connectivity index (χ1) is 11.4. The topological polar surface area (TPSA) is 91.8 Å². The third kappa shape index (κ3) is 4.13. The smallest absolute Gasteiger partial charge is 0.336 e. The number of hydrogen-bond donors (Lipinski definition) is 1. The van der Waals surface area contributed by atoms with Crippen molar-refractivity contribution >= 4 is 17.6 Å². The lowest BCUT2D eigenvalue weighted by atomic mass is 10.2. The van der Waals surface area contributed by atoms with Gasteiger partial charge >= 0.3 is 18.0 Å². The average Bonchev–Trinajstić information content (AvgIpc) is 2.81. The standard InChI is InChI=1S/C17H18FNO5/c1-3-4-7-22-14(20)5-6-15(21)23-13-9-11-8-12(19)10(2)16(11)24-17(13)18/h5-6,8-9H,3-4,7,19H2,1-2H3/b6-5+. The normalized spacial score (nSPS) is 11.1. The first-order valence-corrected chi connectivity index (χ1v) is 7.47. The van der Waals surface area contributed by atoms with E-state index in [9.17, 15) is 14.0 Å². The van der Waals surface area contributed by atoms with Gasteiger partial charge in [-0.15, -0.1) is 0 Å². The molecule has 0 aromatic rings. The minimum Gasteiger partial charge on any atom is -0.463 e. The van der Waals surface area contributed by atoms with Crippen LogP contribution in [0.3, 0.4) is 0 Å². The molecule has 2 rings (SSSR count). The molecule has 0 aromatic carbocycles. The highest BCUT2D eigenvalue weighted by molar-refractivity contribution is 5.92. The highest BCUT2D eigenvalue weighted by Gasteiger charge is 2.20. The number of carbonyl (C=O) groups excluding carboxylic acids is 2. The quantitative estimate of drug-likeness (QED) is 0.495. The van der Waals surface area contributed by atoms with E-state index in [1.807, 2.05) is 6.92 Å². The molecule has 1 heterocycles. The molecular weight excluding hydrogens is 317 g/mol. The van der Waals surface area contributed by atoms with Crippen LogP contribution in [-0.2, 0) is 14.3 Å². The predicted octanol–water partition coefficient (Wildman–Crippen LogP) is 3.22. The number of rotatable bonds is 6. The summed E-state index contributed by atoms with van der Waals surface area (Å²) in [5.41, 5.74) is 7.30. The second kappa shape index (κ2) is 7.63. The molecule has 0 radical (unpaired) electrons. The fraction of sp³-hybridized carbons (Fsp3) is 0.294. The lowest BCUT2D eigenvalue weighted by Gasteiger charge is -2.06. The van der Waals surface area contributed by atoms with Gasteiger partial charge in [-0.1, -0.05) is 13.3 Å². The van der Waals surface area contributed by atoms with Crippen molar-refractivity contribution in [1.82, 2.24) is 0 Å². The maximum Gasteiger partial charge on any atom is 0.336 e. The Morgan fingerprint density at radius 1 is 1.29 bits per heavy atom. The number of carbonyl (C=O) groups is 2. The summed E-state index contributed by atoms with van der Waals surface area (Å²) in [5, 5.41) is 0. The molecule has 1 aliphatic heterocycles. The molecule has 6 nitrogen and oxygen atoms in total. The summed E-state index contributed by atoms with van der Waals surface area (Å²) >= 11 is 0. The number of esters is 2. The van der Waals surface area contributed by atoms with Gasteiger partial charge in [-0.2, -0.15) is 4.39 Å². The van der Waals surface area contributed by atoms with Crippen LogP contribution in [-0.4, -0.2) is 18.5 Å². The van der Waals surface area contributed by atoms with Gasteiger partial charge in [0.05, 0.1) is 6.61 Å². The van der Waals surface area contributed by atoms with Crippen molar-refractivity contribution in [1.29, 1.82) is 0 Å². The number of halogens is 1. The van der Waals surface area contributed by atoms with Crippen molar-refractivity contribution < 1.29 is 27.9 Å². The Morgan fingerprint density at radius 3 is 2.71 bits per heavy atom. The van der Waals surface area contributed by atoms with Crippen LogP contribution in [0.25, 0.3) is 11.3 Å². The minimum absolute atomic E-state index is 0.274. The van der Waals surface area contributed by atoms with Crippen molar-refractivity contribution in [3.63, 3.8) is 0 Å². The maximum atomic E-state index is 13.9. The van der Waals surface area contributed by atoms with E-state index in [4.69, 9.17) is 19.6 Å².